The summed E-state index contributed by atoms with van der Waals surface area (Å²) in [6.07, 6.45) is 8.26. The van der Waals surface area contributed by atoms with Crippen LogP contribution in [0.25, 0.3) is 0 Å². The number of hydrogen-bond donors (Lipinski definition) is 2. The number of anilines is 1. The molecule has 1 saturated heterocycles. The Bertz CT molecular complexity index is 771. The Kier molecular flexibility index (Phi) is 6.79. The summed E-state index contributed by atoms with van der Waals surface area (Å²) in [5.41, 5.74) is 0.563. The Morgan fingerprint density at radius 1 is 1.32 bits per heavy atom. The molecule has 28 heavy (non-hydrogen) atoms. The second-order valence-electron chi connectivity index (χ2n) is 7.80. The maximum absolute atomic E-state index is 12.8. The monoisotopic (exact) mass is 383 g/mol. The summed E-state index contributed by atoms with van der Waals surface area (Å²) in [5, 5.41) is 3.23. The Balaban J connectivity index is 1.52. The van der Waals surface area contributed by atoms with E-state index in [4.69, 9.17) is 0 Å². The Hall–Kier alpha value is -2.70. The number of rotatable bonds is 8. The molecule has 2 aromatic rings. The van der Waals surface area contributed by atoms with Crippen LogP contribution in [0.5, 0.6) is 0 Å². The number of carbonyl (C=O) groups is 2. The minimum Gasteiger partial charge on any atom is -0.370 e. The largest absolute Gasteiger partial charge is 0.370 e. The molecule has 3 heterocycles. The van der Waals surface area contributed by atoms with Gasteiger partial charge in [-0.15, -0.1) is 0 Å². The van der Waals surface area contributed by atoms with Crippen molar-refractivity contribution in [3.63, 3.8) is 0 Å². The van der Waals surface area contributed by atoms with Crippen LogP contribution in [0, 0.1) is 11.8 Å². The molecular formula is C21H29N5O2. The van der Waals surface area contributed by atoms with E-state index in [9.17, 15) is 9.59 Å². The minimum atomic E-state index is -0.0447. The van der Waals surface area contributed by atoms with Crippen LogP contribution < -0.4 is 5.32 Å². The molecule has 2 aromatic heterocycles. The normalized spacial score (nSPS) is 17.0. The van der Waals surface area contributed by atoms with Crippen LogP contribution in [0.15, 0.2) is 30.7 Å². The van der Waals surface area contributed by atoms with Crippen LogP contribution in [-0.2, 0) is 11.2 Å². The van der Waals surface area contributed by atoms with E-state index >= 15 is 0 Å². The number of hydrogen-bond acceptors (Lipinski definition) is 5. The van der Waals surface area contributed by atoms with Crippen molar-refractivity contribution in [2.45, 2.75) is 39.5 Å². The highest BCUT2D eigenvalue weighted by Gasteiger charge is 2.29. The molecule has 3 rings (SSSR count). The Labute approximate surface area is 166 Å². The number of aromatic nitrogens is 3. The van der Waals surface area contributed by atoms with Crippen molar-refractivity contribution in [2.24, 2.45) is 11.8 Å². The van der Waals surface area contributed by atoms with Gasteiger partial charge in [-0.1, -0.05) is 13.8 Å². The number of nitrogens with one attached hydrogen (secondary N) is 2. The number of Topliss-reactive ketones (excluding diaryl/α,β-unsaturated/α-hetero) is 1. The van der Waals surface area contributed by atoms with Gasteiger partial charge in [0.2, 0.25) is 0 Å². The SMILES string of the molecule is CC(C)CC(=O)C1CCCN(C(=O)c2ccc(NCCc3ncc[nH]3)nc2)C1. The molecule has 0 aromatic carbocycles. The van der Waals surface area contributed by atoms with Crippen LogP contribution >= 0.6 is 0 Å². The second kappa shape index (κ2) is 9.48. The van der Waals surface area contributed by atoms with Crippen molar-refractivity contribution >= 4 is 17.5 Å². The number of likely N-dealkylation sites (tertiary alicyclic amines) is 1. The lowest BCUT2D eigenvalue weighted by Crippen LogP contribution is -2.42. The number of amides is 1. The van der Waals surface area contributed by atoms with E-state index in [0.29, 0.717) is 37.5 Å². The first-order chi connectivity index (χ1) is 13.5. The van der Waals surface area contributed by atoms with E-state index in [-0.39, 0.29) is 17.6 Å². The maximum Gasteiger partial charge on any atom is 0.255 e. The van der Waals surface area contributed by atoms with Crippen molar-refractivity contribution in [1.82, 2.24) is 19.9 Å². The van der Waals surface area contributed by atoms with Gasteiger partial charge in [0.25, 0.3) is 5.91 Å². The van der Waals surface area contributed by atoms with Gasteiger partial charge in [-0.05, 0) is 30.9 Å². The van der Waals surface area contributed by atoms with Crippen molar-refractivity contribution in [3.05, 3.63) is 42.1 Å². The predicted octanol–water partition coefficient (Wildman–Crippen LogP) is 2.93. The number of pyridine rings is 1. The number of carbonyl (C=O) groups excluding carboxylic acids is 2. The molecule has 1 amide bonds. The molecule has 0 spiro atoms. The van der Waals surface area contributed by atoms with Gasteiger partial charge in [-0.3, -0.25) is 9.59 Å². The molecule has 7 heteroatoms. The van der Waals surface area contributed by atoms with E-state index in [0.717, 1.165) is 30.9 Å². The summed E-state index contributed by atoms with van der Waals surface area (Å²) in [5.74, 6) is 2.21. The van der Waals surface area contributed by atoms with Gasteiger partial charge in [0.05, 0.1) is 5.56 Å². The highest BCUT2D eigenvalue weighted by atomic mass is 16.2. The molecule has 0 bridgehead atoms. The second-order valence-corrected chi connectivity index (χ2v) is 7.80. The molecule has 150 valence electrons. The third kappa shape index (κ3) is 5.41. The van der Waals surface area contributed by atoms with Gasteiger partial charge in [-0.2, -0.15) is 0 Å². The summed E-state index contributed by atoms with van der Waals surface area (Å²) in [6.45, 7) is 6.04. The molecule has 0 radical (unpaired) electrons. The molecule has 1 fully saturated rings. The highest BCUT2D eigenvalue weighted by molar-refractivity contribution is 5.94. The van der Waals surface area contributed by atoms with Crippen molar-refractivity contribution < 1.29 is 9.59 Å². The summed E-state index contributed by atoms with van der Waals surface area (Å²) in [7, 11) is 0. The van der Waals surface area contributed by atoms with Gasteiger partial charge >= 0.3 is 0 Å². The van der Waals surface area contributed by atoms with Crippen molar-refractivity contribution in [3.8, 4) is 0 Å². The lowest BCUT2D eigenvalue weighted by atomic mass is 9.89. The third-order valence-corrected chi connectivity index (χ3v) is 5.01. The lowest BCUT2D eigenvalue weighted by Gasteiger charge is -2.32. The number of aromatic amines is 1. The van der Waals surface area contributed by atoms with Crippen LogP contribution in [0.2, 0.25) is 0 Å². The zero-order valence-corrected chi connectivity index (χ0v) is 16.6. The van der Waals surface area contributed by atoms with E-state index in [1.807, 2.05) is 6.07 Å². The number of H-pyrrole nitrogens is 1. The number of piperidine rings is 1. The standard InChI is InChI=1S/C21H29N5O2/c1-15(2)12-18(27)17-4-3-11-26(14-17)21(28)16-5-6-19(25-13-16)22-8-7-20-23-9-10-24-20/h5-6,9-10,13,15,17H,3-4,7-8,11-12,14H2,1-2H3,(H,22,25)(H,23,24). The Morgan fingerprint density at radius 2 is 2.18 bits per heavy atom. The molecular weight excluding hydrogens is 354 g/mol. The van der Waals surface area contributed by atoms with Gasteiger partial charge in [-0.25, -0.2) is 9.97 Å². The molecule has 1 aliphatic heterocycles. The topological polar surface area (TPSA) is 91.0 Å². The van der Waals surface area contributed by atoms with Gasteiger partial charge in [0.15, 0.2) is 0 Å². The lowest BCUT2D eigenvalue weighted by molar-refractivity contribution is -0.124. The average molecular weight is 383 g/mol. The van der Waals surface area contributed by atoms with Crippen LogP contribution in [0.4, 0.5) is 5.82 Å². The fraction of sp³-hybridized carbons (Fsp3) is 0.524. The minimum absolute atomic E-state index is 0.0319. The summed E-state index contributed by atoms with van der Waals surface area (Å²) < 4.78 is 0. The average Bonchev–Trinajstić information content (AvgIpc) is 3.21. The molecule has 2 N–H and O–H groups in total. The fourth-order valence-corrected chi connectivity index (χ4v) is 3.54. The number of nitrogens with zero attached hydrogens (tertiary/aromatic N) is 3. The van der Waals surface area contributed by atoms with E-state index in [1.165, 1.54) is 0 Å². The van der Waals surface area contributed by atoms with Crippen molar-refractivity contribution in [1.29, 1.82) is 0 Å². The Morgan fingerprint density at radius 3 is 2.86 bits per heavy atom. The van der Waals surface area contributed by atoms with Crippen LogP contribution in [-0.4, -0.2) is 51.2 Å². The van der Waals surface area contributed by atoms with Gasteiger partial charge in [0.1, 0.15) is 17.4 Å². The van der Waals surface area contributed by atoms with Gasteiger partial charge in [0, 0.05) is 57.0 Å². The summed E-state index contributed by atoms with van der Waals surface area (Å²) in [4.78, 5) is 38.6. The zero-order valence-electron chi connectivity index (χ0n) is 16.6. The summed E-state index contributed by atoms with van der Waals surface area (Å²) >= 11 is 0. The molecule has 7 nitrogen and oxygen atoms in total. The number of ketones is 1. The molecule has 1 unspecified atom stereocenters. The molecule has 1 aliphatic rings. The quantitative estimate of drug-likeness (QED) is 0.731. The van der Waals surface area contributed by atoms with Crippen molar-refractivity contribution in [2.75, 3.05) is 25.0 Å². The van der Waals surface area contributed by atoms with Crippen LogP contribution in [0.1, 0.15) is 49.3 Å². The highest BCUT2D eigenvalue weighted by Crippen LogP contribution is 2.22. The van der Waals surface area contributed by atoms with E-state index < -0.39 is 0 Å². The summed E-state index contributed by atoms with van der Waals surface area (Å²) in [6, 6.07) is 3.62. The predicted molar refractivity (Wildman–Crippen MR) is 108 cm³/mol. The first-order valence-electron chi connectivity index (χ1n) is 10.0. The fourth-order valence-electron chi connectivity index (χ4n) is 3.54. The molecule has 0 saturated carbocycles. The zero-order chi connectivity index (χ0) is 19.9. The smallest absolute Gasteiger partial charge is 0.255 e. The molecule has 1 atom stereocenters. The van der Waals surface area contributed by atoms with E-state index in [1.54, 1.807) is 29.6 Å². The third-order valence-electron chi connectivity index (χ3n) is 5.01. The first-order valence-corrected chi connectivity index (χ1v) is 10.0. The maximum atomic E-state index is 12.8. The number of imidazole rings is 1. The van der Waals surface area contributed by atoms with Crippen LogP contribution in [0.3, 0.4) is 0 Å². The molecule has 0 aliphatic carbocycles. The van der Waals surface area contributed by atoms with Gasteiger partial charge < -0.3 is 15.2 Å². The first kappa shape index (κ1) is 20.0. The van der Waals surface area contributed by atoms with E-state index in [2.05, 4.69) is 34.1 Å².